The van der Waals surface area contributed by atoms with Crippen molar-refractivity contribution < 1.29 is 65.2 Å². The van der Waals surface area contributed by atoms with Crippen LogP contribution in [0.3, 0.4) is 0 Å². The van der Waals surface area contributed by atoms with Crippen molar-refractivity contribution in [2.24, 2.45) is 0 Å². The van der Waals surface area contributed by atoms with Crippen LogP contribution in [0.5, 0.6) is 57.5 Å². The summed E-state index contributed by atoms with van der Waals surface area (Å²) in [5.41, 5.74) is 8.13. The standard InChI is InChI=1S/C19H15ClFN3O2.C19H16ClN3O2.C19H16FN3O2.C18H14F2N2O2S.C16H12N2O2S.CH4/c1-12(21)18-4-2-3-15(24-18)8-19(25)13-5-14(20)7-16(6-13)26-17-9-22-11-23-10-17;1-12-3-4-16(23-13(12)2)8-19(24)14-5-15(20)7-17(6-14)25-18-9-21-11-22-10-18;1-12-3-16(23-8-13(12)2)7-19(24)14-4-15(20)6-17(5-14)25-18-9-21-11-22-10-18;1-18(19,20)16-11-25-17(22-16)9-15(23)12-4-2-5-13(8-12)24-14-6-3-7-21-10-14;19-15(10-16-18-7-8-21-16)12-3-1-4-13(9-12)20-14-5-2-6-17-11-14;/h2-7,9-12H,8H2,1H3;3-7,9-11H,8H2,1-2H3;3-6,8-11H,7H2,1-2H3;2-8,10-11H,9H2,1H3;1-9,11H,10H2;1H4. The largest absolute Gasteiger partial charge is 0.456 e. The number of ketones is 5. The van der Waals surface area contributed by atoms with Crippen LogP contribution in [0.15, 0.2) is 268 Å². The lowest BCUT2D eigenvalue weighted by molar-refractivity contribution is 0.0132. The fourth-order valence-corrected chi connectivity index (χ4v) is 12.9. The second-order valence-corrected chi connectivity index (χ2v) is 29.6. The summed E-state index contributed by atoms with van der Waals surface area (Å²) in [6, 6.07) is 45.1. The number of ether oxygens (including phenoxy) is 5. The van der Waals surface area contributed by atoms with E-state index in [4.69, 9.17) is 46.9 Å². The minimum Gasteiger partial charge on any atom is -0.456 e. The van der Waals surface area contributed by atoms with E-state index in [-0.39, 0.29) is 79.0 Å². The molecule has 0 amide bonds. The third-order valence-electron chi connectivity index (χ3n) is 17.2. The minimum absolute atomic E-state index is 0. The van der Waals surface area contributed by atoms with Gasteiger partial charge in [-0.2, -0.15) is 8.78 Å². The van der Waals surface area contributed by atoms with E-state index in [1.54, 1.807) is 152 Å². The Morgan fingerprint density at radius 2 is 0.837 bits per heavy atom. The Bertz CT molecular complexity index is 5910. The highest BCUT2D eigenvalue weighted by Gasteiger charge is 2.28. The smallest absolute Gasteiger partial charge is 0.287 e. The highest BCUT2D eigenvalue weighted by molar-refractivity contribution is 7.10. The Morgan fingerprint density at radius 3 is 1.29 bits per heavy atom. The Morgan fingerprint density at radius 1 is 0.398 bits per heavy atom. The third-order valence-corrected chi connectivity index (χ3v) is 19.2. The molecular formula is C92H77Cl2F4N13O10S2. The first-order valence-corrected chi connectivity index (χ1v) is 39.7. The molecule has 1 atom stereocenters. The summed E-state index contributed by atoms with van der Waals surface area (Å²) in [7, 11) is 0. The zero-order valence-electron chi connectivity index (χ0n) is 66.0. The van der Waals surface area contributed by atoms with Gasteiger partial charge in [-0.3, -0.25) is 48.9 Å². The fraction of sp³-hybridized carbons (Fsp3) is 0.152. The van der Waals surface area contributed by atoms with Gasteiger partial charge in [0, 0.05) is 109 Å². The molecule has 1 unspecified atom stereocenters. The predicted octanol–water partition coefficient (Wildman–Crippen LogP) is 22.2. The van der Waals surface area contributed by atoms with E-state index in [2.05, 4.69) is 64.8 Å². The maximum absolute atomic E-state index is 13.9. The molecule has 0 saturated carbocycles. The van der Waals surface area contributed by atoms with Crippen LogP contribution < -0.4 is 23.7 Å². The molecule has 15 aromatic rings. The first kappa shape index (κ1) is 91.3. The number of aromatic nitrogens is 13. The normalized spacial score (nSPS) is 10.8. The molecular weight excluding hydrogens is 1660 g/mol. The monoisotopic (exact) mass is 1730 g/mol. The number of thiazole rings is 2. The molecule has 0 saturated heterocycles. The van der Waals surface area contributed by atoms with Crippen LogP contribution in [0.4, 0.5) is 17.6 Å². The van der Waals surface area contributed by atoms with Crippen molar-refractivity contribution >= 4 is 74.8 Å². The number of rotatable bonds is 27. The van der Waals surface area contributed by atoms with Crippen LogP contribution in [0.1, 0.15) is 140 Å². The van der Waals surface area contributed by atoms with Crippen molar-refractivity contribution in [2.75, 3.05) is 0 Å². The summed E-state index contributed by atoms with van der Waals surface area (Å²) in [6.45, 7) is 10.0. The quantitative estimate of drug-likeness (QED) is 0.0341. The van der Waals surface area contributed by atoms with Crippen LogP contribution in [-0.4, -0.2) is 93.7 Å². The van der Waals surface area contributed by atoms with Crippen LogP contribution in [0, 0.1) is 33.5 Å². The van der Waals surface area contributed by atoms with Gasteiger partial charge in [-0.15, -0.1) is 22.7 Å². The zero-order valence-corrected chi connectivity index (χ0v) is 69.1. The Kier molecular flexibility index (Phi) is 33.3. The van der Waals surface area contributed by atoms with E-state index in [0.29, 0.717) is 113 Å². The highest BCUT2D eigenvalue weighted by Crippen LogP contribution is 2.33. The molecule has 0 spiro atoms. The molecule has 31 heteroatoms. The number of carbonyl (C=O) groups excluding carboxylic acids is 5. The van der Waals surface area contributed by atoms with Gasteiger partial charge in [-0.25, -0.2) is 48.7 Å². The number of carbonyl (C=O) groups is 5. The fourth-order valence-electron chi connectivity index (χ4n) is 10.9. The highest BCUT2D eigenvalue weighted by atomic mass is 35.5. The van der Waals surface area contributed by atoms with Crippen LogP contribution in [0.2, 0.25) is 10.0 Å². The van der Waals surface area contributed by atoms with Crippen molar-refractivity contribution in [2.45, 2.75) is 93.2 Å². The van der Waals surface area contributed by atoms with Crippen molar-refractivity contribution in [1.29, 1.82) is 0 Å². The summed E-state index contributed by atoms with van der Waals surface area (Å²) in [5.74, 6) is 0.407. The van der Waals surface area contributed by atoms with Crippen molar-refractivity contribution in [1.82, 2.24) is 64.8 Å². The second-order valence-electron chi connectivity index (χ2n) is 26.8. The summed E-state index contributed by atoms with van der Waals surface area (Å²) >= 11 is 14.8. The molecule has 0 radical (unpaired) electrons. The maximum atomic E-state index is 13.9. The van der Waals surface area contributed by atoms with Gasteiger partial charge < -0.3 is 23.7 Å². The molecule has 0 aliphatic heterocycles. The molecule has 0 bridgehead atoms. The molecule has 624 valence electrons. The van der Waals surface area contributed by atoms with E-state index in [0.717, 1.165) is 51.3 Å². The van der Waals surface area contributed by atoms with Crippen LogP contribution in [0.25, 0.3) is 0 Å². The lowest BCUT2D eigenvalue weighted by Crippen LogP contribution is -2.08. The van der Waals surface area contributed by atoms with E-state index in [1.807, 2.05) is 63.4 Å². The summed E-state index contributed by atoms with van der Waals surface area (Å²) in [5, 5.41) is 5.11. The van der Waals surface area contributed by atoms with Gasteiger partial charge in [-0.1, -0.05) is 67.0 Å². The van der Waals surface area contributed by atoms with Crippen LogP contribution in [-0.2, 0) is 38.0 Å². The number of aryl methyl sites for hydroxylation is 4. The summed E-state index contributed by atoms with van der Waals surface area (Å²) in [6.07, 6.45) is 22.5. The molecule has 23 nitrogen and oxygen atoms in total. The van der Waals surface area contributed by atoms with Crippen molar-refractivity contribution in [3.8, 4) is 57.5 Å². The van der Waals surface area contributed by atoms with Crippen LogP contribution >= 0.6 is 45.9 Å². The summed E-state index contributed by atoms with van der Waals surface area (Å²) < 4.78 is 81.8. The average molecular weight is 1740 g/mol. The Labute approximate surface area is 723 Å². The zero-order chi connectivity index (χ0) is 86.5. The molecule has 10 heterocycles. The molecule has 123 heavy (non-hydrogen) atoms. The molecule has 0 fully saturated rings. The number of alkyl halides is 3. The first-order chi connectivity index (χ1) is 58.7. The number of pyridine rings is 5. The first-order valence-electron chi connectivity index (χ1n) is 37.1. The minimum atomic E-state index is -3.00. The Hall–Kier alpha value is -14.0. The molecule has 0 N–H and O–H groups in total. The average Bonchev–Trinajstić information content (AvgIpc) is 1.77. The van der Waals surface area contributed by atoms with E-state index in [1.165, 1.54) is 98.0 Å². The lowest BCUT2D eigenvalue weighted by atomic mass is 10.0. The predicted molar refractivity (Wildman–Crippen MR) is 459 cm³/mol. The molecule has 0 aliphatic carbocycles. The van der Waals surface area contributed by atoms with Gasteiger partial charge in [0.05, 0.1) is 87.4 Å². The van der Waals surface area contributed by atoms with Gasteiger partial charge in [0.1, 0.15) is 86.9 Å². The third kappa shape index (κ3) is 29.2. The van der Waals surface area contributed by atoms with E-state index in [9.17, 15) is 41.5 Å². The van der Waals surface area contributed by atoms with Gasteiger partial charge in [0.25, 0.3) is 5.92 Å². The van der Waals surface area contributed by atoms with Gasteiger partial charge in [-0.05, 0) is 173 Å². The molecule has 0 aliphatic rings. The number of benzene rings is 5. The molecule has 15 rings (SSSR count). The number of hydrogen-bond donors (Lipinski definition) is 0. The Balaban J connectivity index is 0.000000161. The molecule has 10 aromatic heterocycles. The SMILES string of the molecule is C.CC(F)(F)c1csc(CC(=O)c2cccc(Oc3cccnc3)c2)n1.CC(F)c1cccc(CC(=O)c2cc(Cl)cc(Oc3cncnc3)c2)n1.Cc1ccc(CC(=O)c2cc(Cl)cc(Oc3cncnc3)c2)nc1C.Cc1cnc(CC(=O)c2cc(F)cc(Oc3cncnc3)c2)cc1C.O=C(Cc1nccs1)c1cccc(Oc2cccnc2)c1. The number of nitrogens with zero attached hydrogens (tertiary/aromatic N) is 13. The number of halogens is 6. The van der Waals surface area contributed by atoms with Gasteiger partial charge in [0.15, 0.2) is 46.2 Å². The van der Waals surface area contributed by atoms with E-state index < -0.39 is 17.9 Å². The van der Waals surface area contributed by atoms with Crippen molar-refractivity contribution in [3.63, 3.8) is 0 Å². The number of hydrogen-bond acceptors (Lipinski definition) is 25. The molecule has 5 aromatic carbocycles. The maximum Gasteiger partial charge on any atom is 0.287 e. The van der Waals surface area contributed by atoms with E-state index >= 15 is 0 Å². The van der Waals surface area contributed by atoms with Gasteiger partial charge >= 0.3 is 0 Å². The number of Topliss-reactive ketones (excluding diaryl/α,β-unsaturated/α-hetero) is 5. The summed E-state index contributed by atoms with van der Waals surface area (Å²) in [4.78, 5) is 114. The van der Waals surface area contributed by atoms with Gasteiger partial charge in [0.2, 0.25) is 0 Å². The lowest BCUT2D eigenvalue weighted by Gasteiger charge is -2.08. The second kappa shape index (κ2) is 44.9. The van der Waals surface area contributed by atoms with Crippen molar-refractivity contribution in [3.05, 3.63) is 372 Å². The topological polar surface area (TPSA) is 299 Å².